The van der Waals surface area contributed by atoms with Gasteiger partial charge in [0.2, 0.25) is 0 Å². The summed E-state index contributed by atoms with van der Waals surface area (Å²) in [6, 6.07) is 2.88. The number of ether oxygens (including phenoxy) is 1. The SMILES string of the molecule is Clc1sc(C2OCCC2CNC2CC2)cc1Br. The lowest BCUT2D eigenvalue weighted by atomic mass is 10.0. The third-order valence-electron chi connectivity index (χ3n) is 3.40. The molecule has 2 nitrogen and oxygen atoms in total. The molecule has 2 fully saturated rings. The molecule has 1 saturated carbocycles. The van der Waals surface area contributed by atoms with Crippen LogP contribution in [0, 0.1) is 5.92 Å². The average molecular weight is 337 g/mol. The maximum absolute atomic E-state index is 6.09. The van der Waals surface area contributed by atoms with E-state index in [0.29, 0.717) is 5.92 Å². The Morgan fingerprint density at radius 2 is 2.29 bits per heavy atom. The number of hydrogen-bond acceptors (Lipinski definition) is 3. The molecule has 2 aliphatic rings. The lowest BCUT2D eigenvalue weighted by Gasteiger charge is -2.17. The Bertz CT molecular complexity index is 388. The molecular weight excluding hydrogens is 322 g/mol. The van der Waals surface area contributed by atoms with E-state index in [1.54, 1.807) is 11.3 Å². The number of nitrogens with one attached hydrogen (secondary N) is 1. The molecule has 0 bridgehead atoms. The van der Waals surface area contributed by atoms with Gasteiger partial charge in [-0.15, -0.1) is 11.3 Å². The minimum absolute atomic E-state index is 0.232. The van der Waals surface area contributed by atoms with E-state index < -0.39 is 0 Å². The first-order valence-electron chi connectivity index (χ1n) is 6.04. The number of rotatable bonds is 4. The van der Waals surface area contributed by atoms with Crippen LogP contribution >= 0.6 is 38.9 Å². The largest absolute Gasteiger partial charge is 0.372 e. The maximum Gasteiger partial charge on any atom is 0.107 e. The quantitative estimate of drug-likeness (QED) is 0.897. The van der Waals surface area contributed by atoms with Crippen molar-refractivity contribution in [2.75, 3.05) is 13.2 Å². The highest BCUT2D eigenvalue weighted by molar-refractivity contribution is 9.10. The van der Waals surface area contributed by atoms with Crippen LogP contribution in [0.4, 0.5) is 0 Å². The van der Waals surface area contributed by atoms with Crippen molar-refractivity contribution >= 4 is 38.9 Å². The molecule has 1 aliphatic heterocycles. The van der Waals surface area contributed by atoms with Gasteiger partial charge in [0.25, 0.3) is 0 Å². The minimum Gasteiger partial charge on any atom is -0.372 e. The highest BCUT2D eigenvalue weighted by Gasteiger charge is 2.32. The molecule has 1 aromatic rings. The van der Waals surface area contributed by atoms with Gasteiger partial charge in [0.05, 0.1) is 6.10 Å². The summed E-state index contributed by atoms with van der Waals surface area (Å²) in [5.74, 6) is 0.595. The number of halogens is 2. The summed E-state index contributed by atoms with van der Waals surface area (Å²) < 4.78 is 7.68. The van der Waals surface area contributed by atoms with E-state index in [2.05, 4.69) is 27.3 Å². The summed E-state index contributed by atoms with van der Waals surface area (Å²) in [4.78, 5) is 1.25. The molecule has 2 atom stereocenters. The fourth-order valence-electron chi connectivity index (χ4n) is 2.27. The molecule has 1 N–H and O–H groups in total. The van der Waals surface area contributed by atoms with Crippen LogP contribution in [-0.2, 0) is 4.74 Å². The number of thiophene rings is 1. The molecule has 0 radical (unpaired) electrons. The van der Waals surface area contributed by atoms with E-state index in [-0.39, 0.29) is 6.10 Å². The average Bonchev–Trinajstić information content (AvgIpc) is 2.92. The third-order valence-corrected chi connectivity index (χ3v) is 5.94. The maximum atomic E-state index is 6.09. The second-order valence-electron chi connectivity index (χ2n) is 4.79. The zero-order valence-electron chi connectivity index (χ0n) is 9.42. The molecule has 3 rings (SSSR count). The third kappa shape index (κ3) is 2.87. The summed E-state index contributed by atoms with van der Waals surface area (Å²) in [5, 5.41) is 3.60. The fourth-order valence-corrected chi connectivity index (χ4v) is 4.15. The predicted octanol–water partition coefficient (Wildman–Crippen LogP) is 3.99. The summed E-state index contributed by atoms with van der Waals surface area (Å²) in [6.07, 6.45) is 4.07. The smallest absolute Gasteiger partial charge is 0.107 e. The van der Waals surface area contributed by atoms with Crippen LogP contribution in [0.3, 0.4) is 0 Å². The van der Waals surface area contributed by atoms with Crippen LogP contribution in [0.2, 0.25) is 4.34 Å². The summed E-state index contributed by atoms with van der Waals surface area (Å²) in [6.45, 7) is 1.94. The van der Waals surface area contributed by atoms with Gasteiger partial charge in [0.15, 0.2) is 0 Å². The first-order valence-corrected chi connectivity index (χ1v) is 8.02. The van der Waals surface area contributed by atoms with E-state index in [1.165, 1.54) is 17.7 Å². The summed E-state index contributed by atoms with van der Waals surface area (Å²) in [5.41, 5.74) is 0. The van der Waals surface area contributed by atoms with Crippen molar-refractivity contribution in [1.29, 1.82) is 0 Å². The molecule has 2 unspecified atom stereocenters. The van der Waals surface area contributed by atoms with Crippen LogP contribution in [0.15, 0.2) is 10.5 Å². The molecule has 2 heterocycles. The Hall–Kier alpha value is 0.390. The van der Waals surface area contributed by atoms with Gasteiger partial charge in [-0.1, -0.05) is 11.6 Å². The number of hydrogen-bond donors (Lipinski definition) is 1. The first kappa shape index (κ1) is 12.4. The summed E-state index contributed by atoms with van der Waals surface area (Å²) >= 11 is 11.2. The zero-order valence-corrected chi connectivity index (χ0v) is 12.6. The molecule has 0 amide bonds. The minimum atomic E-state index is 0.232. The van der Waals surface area contributed by atoms with Crippen molar-refractivity contribution in [3.63, 3.8) is 0 Å². The monoisotopic (exact) mass is 335 g/mol. The van der Waals surface area contributed by atoms with Gasteiger partial charge in [-0.2, -0.15) is 0 Å². The van der Waals surface area contributed by atoms with E-state index in [9.17, 15) is 0 Å². The molecule has 1 aliphatic carbocycles. The van der Waals surface area contributed by atoms with Gasteiger partial charge in [0.1, 0.15) is 4.34 Å². The Labute approximate surface area is 119 Å². The van der Waals surface area contributed by atoms with Gasteiger partial charge in [-0.05, 0) is 41.3 Å². The fraction of sp³-hybridized carbons (Fsp3) is 0.667. The molecule has 94 valence electrons. The van der Waals surface area contributed by atoms with Crippen LogP contribution in [0.25, 0.3) is 0 Å². The molecule has 1 aromatic heterocycles. The Morgan fingerprint density at radius 1 is 1.47 bits per heavy atom. The van der Waals surface area contributed by atoms with E-state index in [4.69, 9.17) is 16.3 Å². The van der Waals surface area contributed by atoms with E-state index in [0.717, 1.165) is 34.4 Å². The van der Waals surface area contributed by atoms with Gasteiger partial charge >= 0.3 is 0 Å². The van der Waals surface area contributed by atoms with E-state index in [1.807, 2.05) is 0 Å². The molecule has 1 saturated heterocycles. The Kier molecular flexibility index (Phi) is 3.78. The van der Waals surface area contributed by atoms with Crippen LogP contribution < -0.4 is 5.32 Å². The van der Waals surface area contributed by atoms with Gasteiger partial charge in [0, 0.05) is 34.5 Å². The van der Waals surface area contributed by atoms with Crippen molar-refractivity contribution < 1.29 is 4.74 Å². The van der Waals surface area contributed by atoms with Crippen molar-refractivity contribution in [2.24, 2.45) is 5.92 Å². The highest BCUT2D eigenvalue weighted by Crippen LogP contribution is 2.42. The van der Waals surface area contributed by atoms with Crippen LogP contribution in [0.5, 0.6) is 0 Å². The van der Waals surface area contributed by atoms with Crippen molar-refractivity contribution in [2.45, 2.75) is 31.4 Å². The zero-order chi connectivity index (χ0) is 11.8. The first-order chi connectivity index (χ1) is 8.24. The summed E-state index contributed by atoms with van der Waals surface area (Å²) in [7, 11) is 0. The second-order valence-corrected chi connectivity index (χ2v) is 7.33. The van der Waals surface area contributed by atoms with Crippen LogP contribution in [-0.4, -0.2) is 19.2 Å². The van der Waals surface area contributed by atoms with Crippen molar-refractivity contribution in [1.82, 2.24) is 5.32 Å². The van der Waals surface area contributed by atoms with Crippen LogP contribution in [0.1, 0.15) is 30.2 Å². The van der Waals surface area contributed by atoms with Crippen molar-refractivity contribution in [3.8, 4) is 0 Å². The lowest BCUT2D eigenvalue weighted by Crippen LogP contribution is -2.26. The Morgan fingerprint density at radius 3 is 2.94 bits per heavy atom. The molecule has 5 heteroatoms. The van der Waals surface area contributed by atoms with Gasteiger partial charge in [-0.3, -0.25) is 0 Å². The molecule has 0 spiro atoms. The molecule has 17 heavy (non-hydrogen) atoms. The second kappa shape index (κ2) is 5.17. The standard InChI is InChI=1S/C12H15BrClNOS/c13-9-5-10(17-12(9)14)11-7(3-4-16-11)6-15-8-1-2-8/h5,7-8,11,15H,1-4,6H2. The normalized spacial score (nSPS) is 28.8. The van der Waals surface area contributed by atoms with Gasteiger partial charge in [-0.25, -0.2) is 0 Å². The van der Waals surface area contributed by atoms with Crippen molar-refractivity contribution in [3.05, 3.63) is 19.8 Å². The lowest BCUT2D eigenvalue weighted by molar-refractivity contribution is 0.0932. The predicted molar refractivity (Wildman–Crippen MR) is 74.9 cm³/mol. The van der Waals surface area contributed by atoms with Gasteiger partial charge < -0.3 is 10.1 Å². The topological polar surface area (TPSA) is 21.3 Å². The highest BCUT2D eigenvalue weighted by atomic mass is 79.9. The Balaban J connectivity index is 1.67. The molecule has 0 aromatic carbocycles. The molecular formula is C12H15BrClNOS. The van der Waals surface area contributed by atoms with E-state index >= 15 is 0 Å².